The highest BCUT2D eigenvalue weighted by molar-refractivity contribution is 6.05. The predicted molar refractivity (Wildman–Crippen MR) is 105 cm³/mol. The first-order chi connectivity index (χ1) is 13.5. The molecule has 0 bridgehead atoms. The van der Waals surface area contributed by atoms with Crippen LogP contribution in [-0.4, -0.2) is 17.0 Å². The Morgan fingerprint density at radius 2 is 1.68 bits per heavy atom. The number of para-hydroxylation sites is 1. The minimum atomic E-state index is -0.831. The molecule has 3 aromatic rings. The molecular weight excluding hydrogens is 356 g/mol. The summed E-state index contributed by atoms with van der Waals surface area (Å²) >= 11 is 0. The lowest BCUT2D eigenvalue weighted by Crippen LogP contribution is -2.37. The van der Waals surface area contributed by atoms with Gasteiger partial charge in [-0.3, -0.25) is 9.78 Å². The molecule has 1 heterocycles. The molecule has 0 unspecified atom stereocenters. The van der Waals surface area contributed by atoms with E-state index >= 15 is 0 Å². The first-order valence-corrected chi connectivity index (χ1v) is 8.62. The highest BCUT2D eigenvalue weighted by Crippen LogP contribution is 2.16. The molecule has 0 atom stereocenters. The number of aromatic nitrogens is 1. The summed E-state index contributed by atoms with van der Waals surface area (Å²) in [7, 11) is 0. The number of rotatable bonds is 6. The van der Waals surface area contributed by atoms with Crippen LogP contribution in [0, 0.1) is 0 Å². The van der Waals surface area contributed by atoms with E-state index in [1.165, 1.54) is 0 Å². The first-order valence-electron chi connectivity index (χ1n) is 8.62. The van der Waals surface area contributed by atoms with Crippen LogP contribution in [0.3, 0.4) is 0 Å². The van der Waals surface area contributed by atoms with Crippen LogP contribution in [0.15, 0.2) is 72.9 Å². The van der Waals surface area contributed by atoms with Crippen molar-refractivity contribution in [2.45, 2.75) is 13.0 Å². The SMILES string of the molecule is NC(=O)OCc1cccnc1Cc1ccc(C(=O)N(N)c2ccccc2)cc1. The molecule has 7 nitrogen and oxygen atoms in total. The molecule has 2 aromatic carbocycles. The maximum Gasteiger partial charge on any atom is 0.404 e. The quantitative estimate of drug-likeness (QED) is 0.390. The molecule has 0 radical (unpaired) electrons. The maximum absolute atomic E-state index is 12.5. The number of hydrogen-bond donors (Lipinski definition) is 2. The van der Waals surface area contributed by atoms with Crippen molar-refractivity contribution >= 4 is 17.7 Å². The Kier molecular flexibility index (Phi) is 5.98. The zero-order chi connectivity index (χ0) is 19.9. The Morgan fingerprint density at radius 3 is 2.36 bits per heavy atom. The van der Waals surface area contributed by atoms with Gasteiger partial charge in [-0.25, -0.2) is 15.6 Å². The van der Waals surface area contributed by atoms with Crippen LogP contribution in [-0.2, 0) is 17.8 Å². The summed E-state index contributed by atoms with van der Waals surface area (Å²) in [6.45, 7) is 0.0638. The smallest absolute Gasteiger partial charge is 0.404 e. The van der Waals surface area contributed by atoms with Crippen LogP contribution in [0.25, 0.3) is 0 Å². The molecule has 7 heteroatoms. The maximum atomic E-state index is 12.5. The molecule has 0 saturated heterocycles. The molecule has 3 rings (SSSR count). The number of pyridine rings is 1. The summed E-state index contributed by atoms with van der Waals surface area (Å²) in [5.74, 6) is 5.63. The van der Waals surface area contributed by atoms with Gasteiger partial charge in [-0.2, -0.15) is 0 Å². The van der Waals surface area contributed by atoms with Crippen LogP contribution in [0.4, 0.5) is 10.5 Å². The monoisotopic (exact) mass is 376 g/mol. The van der Waals surface area contributed by atoms with Gasteiger partial charge < -0.3 is 10.5 Å². The van der Waals surface area contributed by atoms with E-state index in [9.17, 15) is 9.59 Å². The second-order valence-corrected chi connectivity index (χ2v) is 6.10. The Labute approximate surface area is 162 Å². The number of carbonyl (C=O) groups is 2. The van der Waals surface area contributed by atoms with E-state index in [4.69, 9.17) is 16.3 Å². The molecule has 0 fully saturated rings. The zero-order valence-corrected chi connectivity index (χ0v) is 15.1. The molecule has 28 heavy (non-hydrogen) atoms. The van der Waals surface area contributed by atoms with E-state index in [0.29, 0.717) is 17.7 Å². The highest BCUT2D eigenvalue weighted by Gasteiger charge is 2.14. The van der Waals surface area contributed by atoms with Gasteiger partial charge in [-0.15, -0.1) is 0 Å². The van der Waals surface area contributed by atoms with Crippen molar-refractivity contribution in [1.82, 2.24) is 4.98 Å². The lowest BCUT2D eigenvalue weighted by Gasteiger charge is -2.16. The van der Waals surface area contributed by atoms with E-state index in [0.717, 1.165) is 21.8 Å². The number of anilines is 1. The van der Waals surface area contributed by atoms with Crippen LogP contribution in [0.5, 0.6) is 0 Å². The number of ether oxygens (including phenoxy) is 1. The number of hydrazine groups is 1. The van der Waals surface area contributed by atoms with Gasteiger partial charge in [-0.1, -0.05) is 36.4 Å². The summed E-state index contributed by atoms with van der Waals surface area (Å²) in [6.07, 6.45) is 1.37. The van der Waals surface area contributed by atoms with E-state index < -0.39 is 6.09 Å². The van der Waals surface area contributed by atoms with Crippen molar-refractivity contribution in [3.63, 3.8) is 0 Å². The average Bonchev–Trinajstić information content (AvgIpc) is 2.73. The lowest BCUT2D eigenvalue weighted by molar-refractivity contribution is 0.0986. The van der Waals surface area contributed by atoms with Gasteiger partial charge in [0.05, 0.1) is 11.4 Å². The van der Waals surface area contributed by atoms with Crippen LogP contribution >= 0.6 is 0 Å². The average molecular weight is 376 g/mol. The lowest BCUT2D eigenvalue weighted by atomic mass is 10.0. The van der Waals surface area contributed by atoms with Crippen molar-refractivity contribution in [3.05, 3.63) is 95.3 Å². The van der Waals surface area contributed by atoms with Crippen molar-refractivity contribution in [1.29, 1.82) is 0 Å². The molecule has 0 aliphatic rings. The molecular formula is C21H20N4O3. The normalized spacial score (nSPS) is 10.3. The van der Waals surface area contributed by atoms with Gasteiger partial charge >= 0.3 is 6.09 Å². The van der Waals surface area contributed by atoms with Gasteiger partial charge in [0.25, 0.3) is 5.91 Å². The molecule has 0 spiro atoms. The van der Waals surface area contributed by atoms with Crippen LogP contribution < -0.4 is 16.6 Å². The van der Waals surface area contributed by atoms with Gasteiger partial charge in [0.15, 0.2) is 0 Å². The van der Waals surface area contributed by atoms with E-state index in [2.05, 4.69) is 4.98 Å². The molecule has 2 amide bonds. The Balaban J connectivity index is 1.71. The fourth-order valence-electron chi connectivity index (χ4n) is 2.71. The number of amides is 2. The molecule has 142 valence electrons. The summed E-state index contributed by atoms with van der Waals surface area (Å²) < 4.78 is 4.86. The third-order valence-electron chi connectivity index (χ3n) is 4.18. The van der Waals surface area contributed by atoms with Crippen LogP contribution in [0.2, 0.25) is 0 Å². The second-order valence-electron chi connectivity index (χ2n) is 6.10. The molecule has 0 aliphatic carbocycles. The predicted octanol–water partition coefficient (Wildman–Crippen LogP) is 2.79. The number of primary amides is 1. The van der Waals surface area contributed by atoms with E-state index in [1.54, 1.807) is 36.5 Å². The third kappa shape index (κ3) is 4.72. The minimum Gasteiger partial charge on any atom is -0.445 e. The van der Waals surface area contributed by atoms with Gasteiger partial charge in [-0.05, 0) is 35.9 Å². The standard InChI is InChI=1S/C21H20N4O3/c22-21(27)28-14-17-5-4-12-24-19(17)13-15-8-10-16(11-9-15)20(26)25(23)18-6-2-1-3-7-18/h1-12H,13-14,23H2,(H2,22,27). The summed E-state index contributed by atoms with van der Waals surface area (Å²) in [4.78, 5) is 27.7. The summed E-state index contributed by atoms with van der Waals surface area (Å²) in [5, 5.41) is 1.12. The Bertz CT molecular complexity index is 959. The topological polar surface area (TPSA) is 112 Å². The largest absolute Gasteiger partial charge is 0.445 e. The second kappa shape index (κ2) is 8.79. The summed E-state index contributed by atoms with van der Waals surface area (Å²) in [6, 6.07) is 19.8. The zero-order valence-electron chi connectivity index (χ0n) is 15.1. The number of nitrogens with two attached hydrogens (primary N) is 2. The van der Waals surface area contributed by atoms with E-state index in [1.807, 2.05) is 36.4 Å². The Hall–Kier alpha value is -3.71. The Morgan fingerprint density at radius 1 is 0.964 bits per heavy atom. The fraction of sp³-hybridized carbons (Fsp3) is 0.0952. The minimum absolute atomic E-state index is 0.0638. The third-order valence-corrected chi connectivity index (χ3v) is 4.18. The van der Waals surface area contributed by atoms with Crippen molar-refractivity contribution in [2.24, 2.45) is 11.6 Å². The molecule has 4 N–H and O–H groups in total. The van der Waals surface area contributed by atoms with Crippen molar-refractivity contribution in [2.75, 3.05) is 5.01 Å². The fourth-order valence-corrected chi connectivity index (χ4v) is 2.71. The van der Waals surface area contributed by atoms with Gasteiger partial charge in [0, 0.05) is 23.7 Å². The molecule has 1 aromatic heterocycles. The van der Waals surface area contributed by atoms with Crippen molar-refractivity contribution < 1.29 is 14.3 Å². The number of carbonyl (C=O) groups excluding carboxylic acids is 2. The number of hydrogen-bond acceptors (Lipinski definition) is 5. The number of benzene rings is 2. The molecule has 0 saturated carbocycles. The van der Waals surface area contributed by atoms with Gasteiger partial charge in [0.2, 0.25) is 0 Å². The van der Waals surface area contributed by atoms with E-state index in [-0.39, 0.29) is 12.5 Å². The first kappa shape index (κ1) is 19.1. The molecule has 0 aliphatic heterocycles. The van der Waals surface area contributed by atoms with Crippen LogP contribution in [0.1, 0.15) is 27.2 Å². The van der Waals surface area contributed by atoms with Crippen molar-refractivity contribution in [3.8, 4) is 0 Å². The summed E-state index contributed by atoms with van der Waals surface area (Å²) in [5.41, 5.74) is 8.63. The number of nitrogens with zero attached hydrogens (tertiary/aromatic N) is 2. The highest BCUT2D eigenvalue weighted by atomic mass is 16.5. The van der Waals surface area contributed by atoms with Gasteiger partial charge in [0.1, 0.15) is 6.61 Å².